The molecule has 4 unspecified atom stereocenters. The second kappa shape index (κ2) is 6.82. The molecule has 0 aromatic carbocycles. The van der Waals surface area contributed by atoms with Crippen molar-refractivity contribution in [2.24, 2.45) is 5.92 Å². The van der Waals surface area contributed by atoms with Crippen LogP contribution < -0.4 is 10.6 Å². The molecule has 6 rings (SSSR count). The van der Waals surface area contributed by atoms with E-state index in [1.165, 1.54) is 11.3 Å². The van der Waals surface area contributed by atoms with E-state index in [2.05, 4.69) is 22.5 Å². The molecule has 3 fully saturated rings. The number of anilines is 2. The van der Waals surface area contributed by atoms with Crippen molar-refractivity contribution in [3.63, 3.8) is 0 Å². The first-order chi connectivity index (χ1) is 15.6. The first-order valence-corrected chi connectivity index (χ1v) is 12.3. The van der Waals surface area contributed by atoms with Crippen molar-refractivity contribution in [2.75, 3.05) is 10.6 Å². The highest BCUT2D eigenvalue weighted by Crippen LogP contribution is 2.61. The lowest BCUT2D eigenvalue weighted by Gasteiger charge is -2.39. The molecule has 174 valence electrons. The van der Waals surface area contributed by atoms with Crippen molar-refractivity contribution in [2.45, 2.75) is 75.8 Å². The maximum absolute atomic E-state index is 11.4. The molecule has 3 heterocycles. The largest absolute Gasteiger partial charge is 0.390 e. The average molecular weight is 469 g/mol. The number of nitrogens with one attached hydrogen (secondary N) is 2. The fourth-order valence-electron chi connectivity index (χ4n) is 5.44. The van der Waals surface area contributed by atoms with Gasteiger partial charge in [0.05, 0.1) is 27.8 Å². The van der Waals surface area contributed by atoms with E-state index in [0.717, 1.165) is 35.2 Å². The Bertz CT molecular complexity index is 1280. The minimum absolute atomic E-state index is 0.0515. The highest BCUT2D eigenvalue weighted by molar-refractivity contribution is 7.21. The monoisotopic (exact) mass is 468 g/mol. The Hall–Kier alpha value is -2.40. The Morgan fingerprint density at radius 1 is 1.06 bits per heavy atom. The number of nitrogens with zero attached hydrogens (tertiary/aromatic N) is 4. The predicted octanol–water partition coefficient (Wildman–Crippen LogP) is 2.74. The number of aliphatic hydroxyl groups is 3. The van der Waals surface area contributed by atoms with Crippen LogP contribution in [0.3, 0.4) is 0 Å². The van der Waals surface area contributed by atoms with Gasteiger partial charge in [0.2, 0.25) is 5.95 Å². The van der Waals surface area contributed by atoms with Crippen molar-refractivity contribution in [1.29, 1.82) is 0 Å². The molecule has 3 aliphatic carbocycles. The average Bonchev–Trinajstić information content (AvgIpc) is 3.03. The second-order valence-corrected chi connectivity index (χ2v) is 11.1. The van der Waals surface area contributed by atoms with Crippen LogP contribution in [-0.4, -0.2) is 58.2 Å². The molecule has 0 aliphatic heterocycles. The van der Waals surface area contributed by atoms with Gasteiger partial charge in [0, 0.05) is 17.7 Å². The number of aromatic nitrogens is 4. The van der Waals surface area contributed by atoms with E-state index in [9.17, 15) is 15.3 Å². The number of aliphatic hydroxyl groups excluding tert-OH is 1. The highest BCUT2D eigenvalue weighted by Gasteiger charge is 2.78. The van der Waals surface area contributed by atoms with Gasteiger partial charge in [0.1, 0.15) is 21.9 Å². The predicted molar refractivity (Wildman–Crippen MR) is 126 cm³/mol. The van der Waals surface area contributed by atoms with Crippen LogP contribution in [-0.2, 0) is 0 Å². The Labute approximate surface area is 195 Å². The summed E-state index contributed by atoms with van der Waals surface area (Å²) in [7, 11) is 0. The maximum atomic E-state index is 11.4. The molecule has 4 atom stereocenters. The van der Waals surface area contributed by atoms with E-state index < -0.39 is 17.4 Å². The Balaban J connectivity index is 1.47. The van der Waals surface area contributed by atoms with E-state index in [-0.39, 0.29) is 11.5 Å². The lowest BCUT2D eigenvalue weighted by molar-refractivity contribution is -0.0851. The molecule has 0 amide bonds. The molecule has 3 aromatic heterocycles. The minimum Gasteiger partial charge on any atom is -0.390 e. The minimum atomic E-state index is -1.68. The molecule has 0 radical (unpaired) electrons. The fraction of sp³-hybridized carbons (Fsp3) is 0.565. The summed E-state index contributed by atoms with van der Waals surface area (Å²) in [5, 5.41) is 39.8. The highest BCUT2D eigenvalue weighted by atomic mass is 32.1. The summed E-state index contributed by atoms with van der Waals surface area (Å²) >= 11 is 1.51. The zero-order chi connectivity index (χ0) is 23.2. The van der Waals surface area contributed by atoms with Crippen LogP contribution in [0.25, 0.3) is 20.8 Å². The first kappa shape index (κ1) is 21.2. The molecule has 3 aromatic rings. The van der Waals surface area contributed by atoms with Gasteiger partial charge in [0.25, 0.3) is 0 Å². The van der Waals surface area contributed by atoms with Crippen LogP contribution in [0.1, 0.15) is 50.4 Å². The molecular weight excluding hydrogens is 440 g/mol. The molecule has 9 nitrogen and oxygen atoms in total. The number of thiazole rings is 1. The Kier molecular flexibility index (Phi) is 4.37. The van der Waals surface area contributed by atoms with Crippen LogP contribution in [0.2, 0.25) is 0 Å². The van der Waals surface area contributed by atoms with Gasteiger partial charge in [-0.1, -0.05) is 0 Å². The van der Waals surface area contributed by atoms with Crippen LogP contribution >= 0.6 is 11.3 Å². The van der Waals surface area contributed by atoms with E-state index in [1.807, 2.05) is 19.9 Å². The SMILES string of the molecule is Cc1nc(NC2(C)CCC2)nc(NC2(O)CCC3C(O)C32O)c1-c1nc2c(C)nccc2s1. The van der Waals surface area contributed by atoms with E-state index in [1.54, 1.807) is 6.20 Å². The van der Waals surface area contributed by atoms with Gasteiger partial charge in [-0.15, -0.1) is 11.3 Å². The van der Waals surface area contributed by atoms with E-state index in [0.29, 0.717) is 40.9 Å². The normalized spacial score (nSPS) is 31.8. The van der Waals surface area contributed by atoms with Crippen molar-refractivity contribution in [3.8, 4) is 10.6 Å². The summed E-state index contributed by atoms with van der Waals surface area (Å²) in [6.45, 7) is 5.97. The maximum Gasteiger partial charge on any atom is 0.225 e. The molecule has 0 bridgehead atoms. The lowest BCUT2D eigenvalue weighted by Crippen LogP contribution is -2.52. The van der Waals surface area contributed by atoms with Gasteiger partial charge in [-0.05, 0) is 58.9 Å². The summed E-state index contributed by atoms with van der Waals surface area (Å²) in [6.07, 6.45) is 4.92. The summed E-state index contributed by atoms with van der Waals surface area (Å²) in [6, 6.07) is 1.93. The van der Waals surface area contributed by atoms with Gasteiger partial charge >= 0.3 is 0 Å². The summed E-state index contributed by atoms with van der Waals surface area (Å²) < 4.78 is 1.00. The molecular formula is C23H28N6O3S. The van der Waals surface area contributed by atoms with Crippen LogP contribution in [0.5, 0.6) is 0 Å². The molecule has 5 N–H and O–H groups in total. The third-order valence-corrected chi connectivity index (χ3v) is 8.80. The summed E-state index contributed by atoms with van der Waals surface area (Å²) in [5.74, 6) is 0.540. The number of hydrogen-bond donors (Lipinski definition) is 5. The lowest BCUT2D eigenvalue weighted by atomic mass is 9.79. The van der Waals surface area contributed by atoms with Gasteiger partial charge in [-0.25, -0.2) is 9.97 Å². The van der Waals surface area contributed by atoms with Gasteiger partial charge in [-0.2, -0.15) is 4.98 Å². The molecule has 33 heavy (non-hydrogen) atoms. The number of hydrogen-bond acceptors (Lipinski definition) is 10. The van der Waals surface area contributed by atoms with E-state index >= 15 is 0 Å². The zero-order valence-corrected chi connectivity index (χ0v) is 19.7. The summed E-state index contributed by atoms with van der Waals surface area (Å²) in [4.78, 5) is 18.6. The van der Waals surface area contributed by atoms with Crippen molar-refractivity contribution >= 4 is 33.3 Å². The quantitative estimate of drug-likeness (QED) is 0.358. The van der Waals surface area contributed by atoms with E-state index in [4.69, 9.17) is 15.0 Å². The fourth-order valence-corrected chi connectivity index (χ4v) is 6.55. The Morgan fingerprint density at radius 3 is 2.48 bits per heavy atom. The van der Waals surface area contributed by atoms with Crippen molar-refractivity contribution in [1.82, 2.24) is 19.9 Å². The van der Waals surface area contributed by atoms with Gasteiger partial charge in [0.15, 0.2) is 5.72 Å². The second-order valence-electron chi connectivity index (χ2n) is 10.1. The van der Waals surface area contributed by atoms with Crippen molar-refractivity contribution < 1.29 is 15.3 Å². The number of aryl methyl sites for hydroxylation is 2. The molecule has 0 spiro atoms. The molecule has 0 saturated heterocycles. The molecule has 3 aliphatic rings. The van der Waals surface area contributed by atoms with Gasteiger partial charge in [-0.3, -0.25) is 4.98 Å². The smallest absolute Gasteiger partial charge is 0.225 e. The van der Waals surface area contributed by atoms with Crippen LogP contribution in [0, 0.1) is 19.8 Å². The summed E-state index contributed by atoms with van der Waals surface area (Å²) in [5.41, 5.74) is -0.262. The molecule has 3 saturated carbocycles. The topological polar surface area (TPSA) is 136 Å². The molecule has 10 heteroatoms. The standard InChI is InChI=1S/C23H28N6O3S/c1-11-15(19-26-16-12(2)24-10-6-14(16)33-19)18(27-20(25-11)29-21(3)7-4-8-21)28-22(31)9-5-13-17(30)23(13,22)32/h6,10,13,17,30-32H,4-5,7-9H2,1-3H3,(H2,25,27,28,29). The number of rotatable bonds is 5. The number of pyridine rings is 1. The third-order valence-electron chi connectivity index (χ3n) is 7.76. The van der Waals surface area contributed by atoms with Crippen LogP contribution in [0.15, 0.2) is 12.3 Å². The Morgan fingerprint density at radius 2 is 1.85 bits per heavy atom. The third kappa shape index (κ3) is 3.01. The first-order valence-electron chi connectivity index (χ1n) is 11.4. The zero-order valence-electron chi connectivity index (χ0n) is 18.9. The van der Waals surface area contributed by atoms with Crippen LogP contribution in [0.4, 0.5) is 11.8 Å². The van der Waals surface area contributed by atoms with Crippen molar-refractivity contribution in [3.05, 3.63) is 23.7 Å². The van der Waals surface area contributed by atoms with Gasteiger partial charge < -0.3 is 26.0 Å². The number of fused-ring (bicyclic) bond motifs is 2.